The Balaban J connectivity index is 1.33. The van der Waals surface area contributed by atoms with Gasteiger partial charge in [0, 0.05) is 26.3 Å². The molecule has 170 valence electrons. The average Bonchev–Trinajstić information content (AvgIpc) is 2.64. The summed E-state index contributed by atoms with van der Waals surface area (Å²) in [6, 6.07) is 2.33. The number of hydrogen-bond acceptors (Lipinski definition) is 5. The van der Waals surface area contributed by atoms with E-state index in [0.717, 1.165) is 44.6 Å². The van der Waals surface area contributed by atoms with Gasteiger partial charge in [0.15, 0.2) is 5.78 Å². The van der Waals surface area contributed by atoms with Crippen molar-refractivity contribution >= 4 is 27.4 Å². The maximum Gasteiger partial charge on any atom is 0.221 e. The fourth-order valence-electron chi connectivity index (χ4n) is 6.22. The van der Waals surface area contributed by atoms with E-state index in [1.807, 2.05) is 0 Å². The number of methoxy groups -OCH3 is 1. The minimum atomic E-state index is -3.72. The molecule has 5 fully saturated rings. The number of benzene rings is 1. The van der Waals surface area contributed by atoms with Gasteiger partial charge in [-0.3, -0.25) is 4.79 Å². The summed E-state index contributed by atoms with van der Waals surface area (Å²) in [5.41, 5.74) is -0.367. The second kappa shape index (κ2) is 7.68. The second-order valence-electron chi connectivity index (χ2n) is 9.63. The van der Waals surface area contributed by atoms with Gasteiger partial charge in [0.25, 0.3) is 0 Å². The molecule has 1 aromatic rings. The number of rotatable bonds is 7. The molecule has 5 aliphatic rings. The third kappa shape index (κ3) is 3.79. The van der Waals surface area contributed by atoms with Crippen LogP contribution in [-0.4, -0.2) is 56.2 Å². The van der Waals surface area contributed by atoms with Crippen molar-refractivity contribution in [3.63, 3.8) is 0 Å². The van der Waals surface area contributed by atoms with Crippen LogP contribution in [0.15, 0.2) is 12.1 Å². The summed E-state index contributed by atoms with van der Waals surface area (Å²) in [4.78, 5) is 12.5. The SMILES string of the molecule is COC12CC3CC(C1)C(Oc1cc(F)c(C(=O)CS(=O)(=O)N4CCC4)cc1Cl)C(C3)C2. The van der Waals surface area contributed by atoms with Gasteiger partial charge < -0.3 is 9.47 Å². The third-order valence-corrected chi connectivity index (χ3v) is 9.74. The monoisotopic (exact) mass is 471 g/mol. The highest BCUT2D eigenvalue weighted by molar-refractivity contribution is 7.89. The van der Waals surface area contributed by atoms with Gasteiger partial charge in [0.1, 0.15) is 23.4 Å². The second-order valence-corrected chi connectivity index (χ2v) is 12.0. The van der Waals surface area contributed by atoms with Crippen LogP contribution >= 0.6 is 11.6 Å². The molecule has 0 N–H and O–H groups in total. The summed E-state index contributed by atoms with van der Waals surface area (Å²) in [5.74, 6) is -0.812. The quantitative estimate of drug-likeness (QED) is 0.567. The van der Waals surface area contributed by atoms with Crippen LogP contribution in [0.1, 0.15) is 48.9 Å². The van der Waals surface area contributed by atoms with E-state index in [1.54, 1.807) is 7.11 Å². The Bertz CT molecular complexity index is 995. The lowest BCUT2D eigenvalue weighted by molar-refractivity contribution is -0.182. The number of halogens is 2. The van der Waals surface area contributed by atoms with Crippen molar-refractivity contribution in [1.29, 1.82) is 0 Å². The number of sulfonamides is 1. The molecule has 4 saturated carbocycles. The van der Waals surface area contributed by atoms with E-state index >= 15 is 0 Å². The van der Waals surface area contributed by atoms with E-state index in [4.69, 9.17) is 21.1 Å². The smallest absolute Gasteiger partial charge is 0.221 e. The van der Waals surface area contributed by atoms with E-state index in [9.17, 15) is 17.6 Å². The average molecular weight is 472 g/mol. The van der Waals surface area contributed by atoms with Crippen molar-refractivity contribution in [2.45, 2.75) is 50.2 Å². The van der Waals surface area contributed by atoms with E-state index < -0.39 is 27.4 Å². The van der Waals surface area contributed by atoms with Crippen molar-refractivity contribution in [3.8, 4) is 5.75 Å². The Morgan fingerprint density at radius 1 is 1.23 bits per heavy atom. The molecule has 2 atom stereocenters. The number of Topliss-reactive ketones (excluding diaryl/α,β-unsaturated/α-hetero) is 1. The van der Waals surface area contributed by atoms with Gasteiger partial charge >= 0.3 is 0 Å². The lowest BCUT2D eigenvalue weighted by Crippen LogP contribution is -2.59. The molecular formula is C22H27ClFNO5S. The van der Waals surface area contributed by atoms with Crippen molar-refractivity contribution in [2.75, 3.05) is 26.0 Å². The van der Waals surface area contributed by atoms with Gasteiger partial charge in [0.2, 0.25) is 10.0 Å². The molecule has 4 aliphatic carbocycles. The standard InChI is InChI=1S/C22H27ClFNO5S/c1-29-22-9-13-5-14(10-22)21(15(6-13)11-22)30-20-8-18(24)16(7-17(20)23)19(26)12-31(27,28)25-3-2-4-25/h7-8,13-15,21H,2-6,9-12H2,1H3. The zero-order chi connectivity index (χ0) is 22.0. The molecule has 1 aromatic carbocycles. The molecule has 0 aromatic heterocycles. The first-order chi connectivity index (χ1) is 14.7. The molecule has 2 unspecified atom stereocenters. The lowest BCUT2D eigenvalue weighted by Gasteiger charge is -2.58. The number of nitrogens with zero attached hydrogens (tertiary/aromatic N) is 1. The highest BCUT2D eigenvalue weighted by Crippen LogP contribution is 2.58. The zero-order valence-electron chi connectivity index (χ0n) is 17.5. The molecule has 9 heteroatoms. The Morgan fingerprint density at radius 2 is 1.90 bits per heavy atom. The van der Waals surface area contributed by atoms with Gasteiger partial charge in [-0.05, 0) is 62.3 Å². The number of hydrogen-bond donors (Lipinski definition) is 0. The Kier molecular flexibility index (Phi) is 5.35. The minimum Gasteiger partial charge on any atom is -0.488 e. The molecule has 0 radical (unpaired) electrons. The van der Waals surface area contributed by atoms with E-state index in [-0.39, 0.29) is 28.0 Å². The largest absolute Gasteiger partial charge is 0.488 e. The van der Waals surface area contributed by atoms with Gasteiger partial charge in [-0.25, -0.2) is 17.1 Å². The van der Waals surface area contributed by atoms with Crippen LogP contribution in [0.2, 0.25) is 5.02 Å². The normalized spacial score (nSPS) is 34.5. The van der Waals surface area contributed by atoms with Crippen LogP contribution in [0.4, 0.5) is 4.39 Å². The van der Waals surface area contributed by atoms with Crippen LogP contribution in [0.25, 0.3) is 0 Å². The van der Waals surface area contributed by atoms with E-state index in [0.29, 0.717) is 30.8 Å². The van der Waals surface area contributed by atoms with Gasteiger partial charge in [-0.15, -0.1) is 0 Å². The minimum absolute atomic E-state index is 0.0509. The maximum absolute atomic E-state index is 14.8. The van der Waals surface area contributed by atoms with Crippen LogP contribution < -0.4 is 4.74 Å². The number of ketones is 1. The predicted octanol–water partition coefficient (Wildman–Crippen LogP) is 3.67. The summed E-state index contributed by atoms with van der Waals surface area (Å²) in [5, 5.41) is 0.126. The molecular weight excluding hydrogens is 445 g/mol. The molecule has 1 heterocycles. The lowest BCUT2D eigenvalue weighted by atomic mass is 9.53. The van der Waals surface area contributed by atoms with E-state index in [1.165, 1.54) is 10.4 Å². The molecule has 1 aliphatic heterocycles. The van der Waals surface area contributed by atoms with Crippen LogP contribution in [0.5, 0.6) is 5.75 Å². The fraction of sp³-hybridized carbons (Fsp3) is 0.682. The first-order valence-electron chi connectivity index (χ1n) is 10.9. The van der Waals surface area contributed by atoms with Crippen LogP contribution in [0.3, 0.4) is 0 Å². The van der Waals surface area contributed by atoms with Crippen molar-refractivity contribution in [1.82, 2.24) is 4.31 Å². The molecule has 0 spiro atoms. The first-order valence-corrected chi connectivity index (χ1v) is 12.9. The van der Waals surface area contributed by atoms with Crippen LogP contribution in [0, 0.1) is 23.6 Å². The molecule has 6 rings (SSSR count). The summed E-state index contributed by atoms with van der Waals surface area (Å²) >= 11 is 6.36. The molecule has 0 amide bonds. The van der Waals surface area contributed by atoms with Crippen molar-refractivity contribution in [2.24, 2.45) is 17.8 Å². The number of carbonyl (C=O) groups is 1. The van der Waals surface area contributed by atoms with Crippen LogP contribution in [-0.2, 0) is 14.8 Å². The van der Waals surface area contributed by atoms with E-state index in [2.05, 4.69) is 0 Å². The van der Waals surface area contributed by atoms with Crippen molar-refractivity contribution in [3.05, 3.63) is 28.5 Å². The first kappa shape index (κ1) is 21.6. The fourth-order valence-corrected chi connectivity index (χ4v) is 7.92. The summed E-state index contributed by atoms with van der Waals surface area (Å²) < 4.78 is 52.6. The van der Waals surface area contributed by atoms with Gasteiger partial charge in [-0.1, -0.05) is 11.6 Å². The number of carbonyl (C=O) groups excluding carboxylic acids is 1. The summed E-state index contributed by atoms with van der Waals surface area (Å²) in [7, 11) is -1.94. The highest BCUT2D eigenvalue weighted by Gasteiger charge is 2.56. The molecule has 31 heavy (non-hydrogen) atoms. The summed E-state index contributed by atoms with van der Waals surface area (Å²) in [6.45, 7) is 0.807. The Hall–Kier alpha value is -1.22. The number of ether oxygens (including phenoxy) is 2. The molecule has 4 bridgehead atoms. The third-order valence-electron chi connectivity index (χ3n) is 7.67. The highest BCUT2D eigenvalue weighted by atomic mass is 35.5. The van der Waals surface area contributed by atoms with Crippen molar-refractivity contribution < 1.29 is 27.1 Å². The maximum atomic E-state index is 14.8. The topological polar surface area (TPSA) is 72.9 Å². The van der Waals surface area contributed by atoms with Gasteiger partial charge in [-0.2, -0.15) is 0 Å². The Morgan fingerprint density at radius 3 is 2.48 bits per heavy atom. The molecule has 6 nitrogen and oxygen atoms in total. The molecule has 1 saturated heterocycles. The van der Waals surface area contributed by atoms with Gasteiger partial charge in [0.05, 0.1) is 16.2 Å². The Labute approximate surface area is 187 Å². The summed E-state index contributed by atoms with van der Waals surface area (Å²) in [6.07, 6.45) is 5.86. The zero-order valence-corrected chi connectivity index (χ0v) is 19.1. The predicted molar refractivity (Wildman–Crippen MR) is 113 cm³/mol.